The van der Waals surface area contributed by atoms with Crippen molar-refractivity contribution in [1.29, 1.82) is 0 Å². The van der Waals surface area contributed by atoms with Crippen molar-refractivity contribution in [1.82, 2.24) is 10.3 Å². The predicted molar refractivity (Wildman–Crippen MR) is 104 cm³/mol. The van der Waals surface area contributed by atoms with E-state index >= 15 is 0 Å². The van der Waals surface area contributed by atoms with Crippen molar-refractivity contribution < 1.29 is 0 Å². The third-order valence-electron chi connectivity index (χ3n) is 3.61. The van der Waals surface area contributed by atoms with E-state index in [9.17, 15) is 0 Å². The van der Waals surface area contributed by atoms with Crippen LogP contribution in [0.1, 0.15) is 38.7 Å². The van der Waals surface area contributed by atoms with Crippen LogP contribution >= 0.6 is 24.0 Å². The Kier molecular flexibility index (Phi) is 8.52. The van der Waals surface area contributed by atoms with Gasteiger partial charge in [0, 0.05) is 25.8 Å². The van der Waals surface area contributed by atoms with Crippen LogP contribution in [0, 0.1) is 5.92 Å². The molecule has 6 heteroatoms. The molecule has 0 aliphatic carbocycles. The lowest BCUT2D eigenvalue weighted by Crippen LogP contribution is -2.34. The molecule has 0 aromatic carbocycles. The second-order valence-corrected chi connectivity index (χ2v) is 6.05. The van der Waals surface area contributed by atoms with Crippen LogP contribution in [0.2, 0.25) is 0 Å². The van der Waals surface area contributed by atoms with E-state index in [0.717, 1.165) is 31.0 Å². The molecule has 0 bridgehead atoms. The van der Waals surface area contributed by atoms with Crippen LogP contribution in [0.15, 0.2) is 23.3 Å². The lowest BCUT2D eigenvalue weighted by Gasteiger charge is -2.27. The Labute approximate surface area is 150 Å². The van der Waals surface area contributed by atoms with Crippen LogP contribution in [0.5, 0.6) is 0 Å². The summed E-state index contributed by atoms with van der Waals surface area (Å²) in [6.45, 7) is 7.96. The van der Waals surface area contributed by atoms with Crippen LogP contribution in [0.3, 0.4) is 0 Å². The lowest BCUT2D eigenvalue weighted by molar-refractivity contribution is 0.573. The number of aliphatic imine (C=N–C) groups is 1. The fraction of sp³-hybridized carbons (Fsp3) is 0.625. The first-order valence-electron chi connectivity index (χ1n) is 7.89. The lowest BCUT2D eigenvalue weighted by atomic mass is 10.1. The Morgan fingerprint density at radius 2 is 2.09 bits per heavy atom. The molecule has 0 unspecified atom stereocenters. The van der Waals surface area contributed by atoms with Crippen LogP contribution in [0.4, 0.5) is 5.82 Å². The topological polar surface area (TPSA) is 66.5 Å². The van der Waals surface area contributed by atoms with Gasteiger partial charge in [0.2, 0.25) is 0 Å². The van der Waals surface area contributed by atoms with Crippen LogP contribution in [-0.2, 0) is 6.54 Å². The molecular weight excluding hydrogens is 389 g/mol. The first kappa shape index (κ1) is 19.0. The number of rotatable bonds is 5. The third kappa shape index (κ3) is 6.37. The van der Waals surface area contributed by atoms with Crippen molar-refractivity contribution in [3.8, 4) is 0 Å². The van der Waals surface area contributed by atoms with Crippen LogP contribution in [0.25, 0.3) is 0 Å². The Morgan fingerprint density at radius 1 is 1.36 bits per heavy atom. The molecule has 124 valence electrons. The standard InChI is InChI=1S/C16H27N5.HI/c1-13(2)11-19-16(17)20-12-14-6-7-18-15(10-14)21-8-4-3-5-9-21;/h6-7,10,13H,3-5,8-9,11-12H2,1-2H3,(H3,17,19,20);1H. The van der Waals surface area contributed by atoms with E-state index in [1.54, 1.807) is 0 Å². The number of aromatic nitrogens is 1. The summed E-state index contributed by atoms with van der Waals surface area (Å²) in [5.41, 5.74) is 7.02. The maximum atomic E-state index is 5.86. The minimum atomic E-state index is 0. The summed E-state index contributed by atoms with van der Waals surface area (Å²) in [5.74, 6) is 2.14. The normalized spacial score (nSPS) is 15.6. The van der Waals surface area contributed by atoms with Gasteiger partial charge in [-0.15, -0.1) is 24.0 Å². The number of guanidine groups is 1. The van der Waals surface area contributed by atoms with E-state index in [4.69, 9.17) is 5.73 Å². The zero-order chi connectivity index (χ0) is 15.1. The van der Waals surface area contributed by atoms with Gasteiger partial charge in [-0.25, -0.2) is 9.98 Å². The average Bonchev–Trinajstić information content (AvgIpc) is 2.52. The van der Waals surface area contributed by atoms with Gasteiger partial charge in [-0.3, -0.25) is 0 Å². The number of pyridine rings is 1. The van der Waals surface area contributed by atoms with Crippen molar-refractivity contribution in [3.63, 3.8) is 0 Å². The smallest absolute Gasteiger partial charge is 0.188 e. The van der Waals surface area contributed by atoms with Crippen LogP contribution < -0.4 is 16.0 Å². The highest BCUT2D eigenvalue weighted by atomic mass is 127. The van der Waals surface area contributed by atoms with Gasteiger partial charge < -0.3 is 16.0 Å². The molecule has 0 saturated carbocycles. The summed E-state index contributed by atoms with van der Waals surface area (Å²) in [7, 11) is 0. The van der Waals surface area contributed by atoms with Crippen molar-refractivity contribution in [2.24, 2.45) is 16.6 Å². The van der Waals surface area contributed by atoms with E-state index in [0.29, 0.717) is 18.4 Å². The van der Waals surface area contributed by atoms with E-state index in [2.05, 4.69) is 40.1 Å². The van der Waals surface area contributed by atoms with E-state index < -0.39 is 0 Å². The number of hydrogen-bond acceptors (Lipinski definition) is 3. The maximum Gasteiger partial charge on any atom is 0.188 e. The van der Waals surface area contributed by atoms with Gasteiger partial charge in [-0.05, 0) is 42.9 Å². The number of piperidine rings is 1. The predicted octanol–water partition coefficient (Wildman–Crippen LogP) is 2.75. The fourth-order valence-electron chi connectivity index (χ4n) is 2.40. The molecule has 0 radical (unpaired) electrons. The zero-order valence-corrected chi connectivity index (χ0v) is 15.9. The Hall–Kier alpha value is -1.05. The highest BCUT2D eigenvalue weighted by Crippen LogP contribution is 2.18. The number of halogens is 1. The summed E-state index contributed by atoms with van der Waals surface area (Å²) in [5, 5.41) is 3.13. The number of nitrogens with zero attached hydrogens (tertiary/aromatic N) is 3. The maximum absolute atomic E-state index is 5.86. The van der Waals surface area contributed by atoms with Gasteiger partial charge in [0.1, 0.15) is 5.82 Å². The zero-order valence-electron chi connectivity index (χ0n) is 13.6. The molecule has 22 heavy (non-hydrogen) atoms. The van der Waals surface area contributed by atoms with Gasteiger partial charge >= 0.3 is 0 Å². The highest BCUT2D eigenvalue weighted by molar-refractivity contribution is 14.0. The molecule has 5 nitrogen and oxygen atoms in total. The Morgan fingerprint density at radius 3 is 2.77 bits per heavy atom. The number of nitrogens with two attached hydrogens (primary N) is 1. The second-order valence-electron chi connectivity index (χ2n) is 6.05. The molecule has 1 aromatic rings. The third-order valence-corrected chi connectivity index (χ3v) is 3.61. The molecule has 0 amide bonds. The molecule has 2 rings (SSSR count). The van der Waals surface area contributed by atoms with Crippen LogP contribution in [-0.4, -0.2) is 30.6 Å². The minimum Gasteiger partial charge on any atom is -0.370 e. The first-order valence-corrected chi connectivity index (χ1v) is 7.89. The summed E-state index contributed by atoms with van der Waals surface area (Å²) in [4.78, 5) is 11.2. The number of nitrogens with one attached hydrogen (secondary N) is 1. The quantitative estimate of drug-likeness (QED) is 0.439. The molecule has 0 atom stereocenters. The van der Waals surface area contributed by atoms with Crippen molar-refractivity contribution in [3.05, 3.63) is 23.9 Å². The van der Waals surface area contributed by atoms with Gasteiger partial charge in [0.05, 0.1) is 6.54 Å². The Balaban J connectivity index is 0.00000242. The molecular formula is C16H28IN5. The molecule has 0 spiro atoms. The minimum absolute atomic E-state index is 0. The molecule has 3 N–H and O–H groups in total. The molecule has 1 aliphatic rings. The monoisotopic (exact) mass is 417 g/mol. The SMILES string of the molecule is CC(C)CNC(N)=NCc1ccnc(N2CCCCC2)c1.I. The fourth-order valence-corrected chi connectivity index (χ4v) is 2.40. The molecule has 1 aromatic heterocycles. The number of anilines is 1. The van der Waals surface area contributed by atoms with Gasteiger partial charge in [0.25, 0.3) is 0 Å². The van der Waals surface area contributed by atoms with Crippen molar-refractivity contribution >= 4 is 35.8 Å². The summed E-state index contributed by atoms with van der Waals surface area (Å²) in [6.07, 6.45) is 5.72. The van der Waals surface area contributed by atoms with E-state index in [-0.39, 0.29) is 24.0 Å². The molecule has 1 aliphatic heterocycles. The largest absolute Gasteiger partial charge is 0.370 e. The Bertz CT molecular complexity index is 469. The van der Waals surface area contributed by atoms with Gasteiger partial charge in [-0.1, -0.05) is 13.8 Å². The molecule has 1 saturated heterocycles. The van der Waals surface area contributed by atoms with Crippen molar-refractivity contribution in [2.45, 2.75) is 39.7 Å². The summed E-state index contributed by atoms with van der Waals surface area (Å²) in [6, 6.07) is 4.14. The van der Waals surface area contributed by atoms with Gasteiger partial charge in [0.15, 0.2) is 5.96 Å². The first-order chi connectivity index (χ1) is 10.1. The highest BCUT2D eigenvalue weighted by Gasteiger charge is 2.12. The second kappa shape index (κ2) is 9.86. The summed E-state index contributed by atoms with van der Waals surface area (Å²) < 4.78 is 0. The summed E-state index contributed by atoms with van der Waals surface area (Å²) >= 11 is 0. The average molecular weight is 417 g/mol. The number of hydrogen-bond donors (Lipinski definition) is 2. The molecule has 1 fully saturated rings. The van der Waals surface area contributed by atoms with Crippen molar-refractivity contribution in [2.75, 3.05) is 24.5 Å². The van der Waals surface area contributed by atoms with Gasteiger partial charge in [-0.2, -0.15) is 0 Å². The van der Waals surface area contributed by atoms with E-state index in [1.807, 2.05) is 12.3 Å². The van der Waals surface area contributed by atoms with E-state index in [1.165, 1.54) is 19.3 Å². The molecule has 2 heterocycles.